The molecule has 4 nitrogen and oxygen atoms in total. The highest BCUT2D eigenvalue weighted by atomic mass is 32.1. The van der Waals surface area contributed by atoms with E-state index in [0.717, 1.165) is 16.3 Å². The molecule has 0 aliphatic rings. The van der Waals surface area contributed by atoms with Gasteiger partial charge in [0.15, 0.2) is 0 Å². The number of rotatable bonds is 7. The zero-order valence-electron chi connectivity index (χ0n) is 14.2. The first-order valence-electron chi connectivity index (χ1n) is 8.03. The van der Waals surface area contributed by atoms with Gasteiger partial charge in [-0.1, -0.05) is 26.0 Å². The SMILES string of the molecule is CCN(CC)C(=O)c1csc(-c2ccccc2OCC(C)C)n1. The monoisotopic (exact) mass is 332 g/mol. The van der Waals surface area contributed by atoms with E-state index in [1.165, 1.54) is 11.3 Å². The first-order valence-corrected chi connectivity index (χ1v) is 8.91. The number of para-hydroxylation sites is 1. The molecular weight excluding hydrogens is 308 g/mol. The number of hydrogen-bond acceptors (Lipinski definition) is 4. The van der Waals surface area contributed by atoms with E-state index >= 15 is 0 Å². The Morgan fingerprint density at radius 1 is 1.26 bits per heavy atom. The molecule has 0 aliphatic carbocycles. The van der Waals surface area contributed by atoms with Crippen molar-refractivity contribution < 1.29 is 9.53 Å². The summed E-state index contributed by atoms with van der Waals surface area (Å²) in [7, 11) is 0. The highest BCUT2D eigenvalue weighted by Crippen LogP contribution is 2.32. The standard InChI is InChI=1S/C18H24N2O2S/c1-5-20(6-2)18(21)15-12-23-17(19-15)14-9-7-8-10-16(14)22-11-13(3)4/h7-10,12-13H,5-6,11H2,1-4H3. The number of carbonyl (C=O) groups excluding carboxylic acids is 1. The van der Waals surface area contributed by atoms with E-state index < -0.39 is 0 Å². The fourth-order valence-electron chi connectivity index (χ4n) is 2.19. The molecular formula is C18H24N2O2S. The summed E-state index contributed by atoms with van der Waals surface area (Å²) in [5.74, 6) is 1.26. The molecule has 0 aliphatic heterocycles. The van der Waals surface area contributed by atoms with Crippen LogP contribution in [0.15, 0.2) is 29.6 Å². The zero-order chi connectivity index (χ0) is 16.8. The maximum atomic E-state index is 12.4. The van der Waals surface area contributed by atoms with Crippen LogP contribution in [0.2, 0.25) is 0 Å². The Bertz CT molecular complexity index is 648. The fraction of sp³-hybridized carbons (Fsp3) is 0.444. The Kier molecular flexibility index (Phi) is 6.16. The van der Waals surface area contributed by atoms with Crippen molar-refractivity contribution in [2.75, 3.05) is 19.7 Å². The average Bonchev–Trinajstić information content (AvgIpc) is 3.04. The van der Waals surface area contributed by atoms with Gasteiger partial charge in [-0.15, -0.1) is 11.3 Å². The molecule has 0 radical (unpaired) electrons. The second-order valence-corrected chi connectivity index (χ2v) is 6.57. The predicted molar refractivity (Wildman–Crippen MR) is 95.1 cm³/mol. The maximum absolute atomic E-state index is 12.4. The molecule has 2 aromatic rings. The van der Waals surface area contributed by atoms with Crippen LogP contribution in [0.3, 0.4) is 0 Å². The van der Waals surface area contributed by atoms with Crippen LogP contribution in [0, 0.1) is 5.92 Å². The topological polar surface area (TPSA) is 42.4 Å². The van der Waals surface area contributed by atoms with E-state index in [9.17, 15) is 4.79 Å². The number of hydrogen-bond donors (Lipinski definition) is 0. The predicted octanol–water partition coefficient (Wildman–Crippen LogP) is 4.33. The number of benzene rings is 1. The molecule has 1 aromatic carbocycles. The van der Waals surface area contributed by atoms with Crippen LogP contribution in [0.4, 0.5) is 0 Å². The number of carbonyl (C=O) groups is 1. The summed E-state index contributed by atoms with van der Waals surface area (Å²) in [6.07, 6.45) is 0. The fourth-order valence-corrected chi connectivity index (χ4v) is 3.02. The van der Waals surface area contributed by atoms with Gasteiger partial charge in [0.2, 0.25) is 0 Å². The van der Waals surface area contributed by atoms with Gasteiger partial charge in [-0.2, -0.15) is 0 Å². The molecule has 2 rings (SSSR count). The van der Waals surface area contributed by atoms with Gasteiger partial charge in [-0.05, 0) is 31.9 Å². The summed E-state index contributed by atoms with van der Waals surface area (Å²) >= 11 is 1.48. The molecule has 0 saturated carbocycles. The molecule has 0 saturated heterocycles. The van der Waals surface area contributed by atoms with Gasteiger partial charge in [0.1, 0.15) is 16.5 Å². The van der Waals surface area contributed by atoms with Gasteiger partial charge >= 0.3 is 0 Å². The first kappa shape index (κ1) is 17.5. The smallest absolute Gasteiger partial charge is 0.273 e. The Morgan fingerprint density at radius 3 is 2.61 bits per heavy atom. The molecule has 124 valence electrons. The number of ether oxygens (including phenoxy) is 1. The Morgan fingerprint density at radius 2 is 1.96 bits per heavy atom. The van der Waals surface area contributed by atoms with Gasteiger partial charge < -0.3 is 9.64 Å². The first-order chi connectivity index (χ1) is 11.1. The Labute approximate surface area is 142 Å². The third-order valence-electron chi connectivity index (χ3n) is 3.46. The molecule has 0 unspecified atom stereocenters. The van der Waals surface area contributed by atoms with Gasteiger partial charge in [0.05, 0.1) is 12.2 Å². The zero-order valence-corrected chi connectivity index (χ0v) is 15.0. The molecule has 5 heteroatoms. The van der Waals surface area contributed by atoms with E-state index in [2.05, 4.69) is 18.8 Å². The number of aromatic nitrogens is 1. The number of nitrogens with zero attached hydrogens (tertiary/aromatic N) is 2. The van der Waals surface area contributed by atoms with E-state index in [1.807, 2.05) is 43.5 Å². The summed E-state index contributed by atoms with van der Waals surface area (Å²) < 4.78 is 5.88. The van der Waals surface area contributed by atoms with Crippen LogP contribution in [0.1, 0.15) is 38.2 Å². The molecule has 0 N–H and O–H groups in total. The molecule has 1 heterocycles. The molecule has 1 amide bonds. The van der Waals surface area contributed by atoms with E-state index in [1.54, 1.807) is 4.90 Å². The molecule has 23 heavy (non-hydrogen) atoms. The summed E-state index contributed by atoms with van der Waals surface area (Å²) in [5, 5.41) is 2.65. The van der Waals surface area contributed by atoms with E-state index in [-0.39, 0.29) is 5.91 Å². The molecule has 1 aromatic heterocycles. The lowest BCUT2D eigenvalue weighted by Gasteiger charge is -2.16. The van der Waals surface area contributed by atoms with Crippen LogP contribution < -0.4 is 4.74 Å². The minimum absolute atomic E-state index is 0.0157. The van der Waals surface area contributed by atoms with Gasteiger partial charge in [0, 0.05) is 18.5 Å². The van der Waals surface area contributed by atoms with Gasteiger partial charge in [-0.25, -0.2) is 4.98 Å². The Balaban J connectivity index is 2.25. The summed E-state index contributed by atoms with van der Waals surface area (Å²) in [5.41, 5.74) is 1.45. The summed E-state index contributed by atoms with van der Waals surface area (Å²) in [6, 6.07) is 7.85. The Hall–Kier alpha value is -1.88. The van der Waals surface area contributed by atoms with Crippen molar-refractivity contribution in [3.63, 3.8) is 0 Å². The lowest BCUT2D eigenvalue weighted by Crippen LogP contribution is -2.30. The van der Waals surface area contributed by atoms with Crippen LogP contribution in [-0.4, -0.2) is 35.5 Å². The lowest BCUT2D eigenvalue weighted by atomic mass is 10.2. The summed E-state index contributed by atoms with van der Waals surface area (Å²) in [6.45, 7) is 10.2. The minimum atomic E-state index is -0.0157. The normalized spacial score (nSPS) is 10.8. The van der Waals surface area contributed by atoms with Crippen LogP contribution >= 0.6 is 11.3 Å². The highest BCUT2D eigenvalue weighted by molar-refractivity contribution is 7.13. The van der Waals surface area contributed by atoms with E-state index in [4.69, 9.17) is 4.74 Å². The second-order valence-electron chi connectivity index (χ2n) is 5.72. The highest BCUT2D eigenvalue weighted by Gasteiger charge is 2.18. The van der Waals surface area contributed by atoms with Gasteiger partial charge in [0.25, 0.3) is 5.91 Å². The van der Waals surface area contributed by atoms with Crippen molar-refractivity contribution >= 4 is 17.2 Å². The van der Waals surface area contributed by atoms with Crippen molar-refractivity contribution in [1.29, 1.82) is 0 Å². The van der Waals surface area contributed by atoms with Crippen molar-refractivity contribution in [3.8, 4) is 16.3 Å². The van der Waals surface area contributed by atoms with Gasteiger partial charge in [-0.3, -0.25) is 4.79 Å². The van der Waals surface area contributed by atoms with Crippen molar-refractivity contribution in [2.24, 2.45) is 5.92 Å². The van der Waals surface area contributed by atoms with E-state index in [0.29, 0.717) is 31.3 Å². The molecule has 0 bridgehead atoms. The van der Waals surface area contributed by atoms with Crippen molar-refractivity contribution in [2.45, 2.75) is 27.7 Å². The lowest BCUT2D eigenvalue weighted by molar-refractivity contribution is 0.0768. The largest absolute Gasteiger partial charge is 0.493 e. The van der Waals surface area contributed by atoms with Crippen LogP contribution in [0.5, 0.6) is 5.75 Å². The average molecular weight is 332 g/mol. The number of thiazole rings is 1. The summed E-state index contributed by atoms with van der Waals surface area (Å²) in [4.78, 5) is 18.7. The minimum Gasteiger partial charge on any atom is -0.493 e. The second kappa shape index (κ2) is 8.11. The van der Waals surface area contributed by atoms with Crippen LogP contribution in [0.25, 0.3) is 10.6 Å². The third kappa shape index (κ3) is 4.32. The maximum Gasteiger partial charge on any atom is 0.273 e. The number of amides is 1. The third-order valence-corrected chi connectivity index (χ3v) is 4.34. The molecule has 0 spiro atoms. The van der Waals surface area contributed by atoms with Crippen molar-refractivity contribution in [3.05, 3.63) is 35.3 Å². The quantitative estimate of drug-likeness (QED) is 0.758. The molecule has 0 fully saturated rings. The van der Waals surface area contributed by atoms with Crippen molar-refractivity contribution in [1.82, 2.24) is 9.88 Å². The van der Waals surface area contributed by atoms with Crippen LogP contribution in [-0.2, 0) is 0 Å². The molecule has 0 atom stereocenters.